The van der Waals surface area contributed by atoms with Crippen LogP contribution in [0.2, 0.25) is 5.02 Å². The minimum atomic E-state index is -0.758. The van der Waals surface area contributed by atoms with Gasteiger partial charge in [-0.05, 0) is 36.5 Å². The number of amides is 2. The van der Waals surface area contributed by atoms with Crippen molar-refractivity contribution in [3.05, 3.63) is 64.7 Å². The minimum absolute atomic E-state index is 0.0842. The Morgan fingerprint density at radius 2 is 2.07 bits per heavy atom. The number of halogens is 1. The summed E-state index contributed by atoms with van der Waals surface area (Å²) < 4.78 is 11.0. The van der Waals surface area contributed by atoms with Gasteiger partial charge < -0.3 is 29.8 Å². The number of benzene rings is 1. The lowest BCUT2D eigenvalue weighted by molar-refractivity contribution is -0.129. The number of carbonyl (C=O) groups excluding carboxylic acids is 2. The van der Waals surface area contributed by atoms with Crippen LogP contribution in [-0.4, -0.2) is 86.5 Å². The van der Waals surface area contributed by atoms with Crippen LogP contribution in [0.25, 0.3) is 0 Å². The van der Waals surface area contributed by atoms with E-state index in [0.29, 0.717) is 48.5 Å². The van der Waals surface area contributed by atoms with Crippen LogP contribution >= 0.6 is 11.6 Å². The Labute approximate surface area is 243 Å². The van der Waals surface area contributed by atoms with E-state index in [1.165, 1.54) is 12.7 Å². The Balaban J connectivity index is 1.07. The van der Waals surface area contributed by atoms with Crippen LogP contribution in [-0.2, 0) is 24.4 Å². The van der Waals surface area contributed by atoms with E-state index in [2.05, 4.69) is 30.5 Å². The molecule has 1 atom stereocenters. The Morgan fingerprint density at radius 3 is 2.83 bits per heavy atom. The number of hydrogen-bond donors (Lipinski definition) is 3. The highest BCUT2D eigenvalue weighted by molar-refractivity contribution is 6.33. The third-order valence-corrected chi connectivity index (χ3v) is 7.80. The zero-order valence-electron chi connectivity index (χ0n) is 22.9. The number of nitrogens with one attached hydrogen (secondary N) is 2. The van der Waals surface area contributed by atoms with Gasteiger partial charge in [0.1, 0.15) is 30.2 Å². The molecule has 0 aliphatic carbocycles. The number of oxazole rings is 1. The Kier molecular flexibility index (Phi) is 9.32. The molecule has 0 radical (unpaired) electrons. The van der Waals surface area contributed by atoms with Gasteiger partial charge in [-0.25, -0.2) is 15.0 Å². The van der Waals surface area contributed by atoms with E-state index in [1.54, 1.807) is 19.2 Å². The maximum atomic E-state index is 12.7. The Morgan fingerprint density at radius 1 is 1.24 bits per heavy atom. The maximum absolute atomic E-state index is 12.7. The number of β-amino-alcohol motifs (C(OH)–C–C–N with tert-alkyl or cyclic N) is 1. The van der Waals surface area contributed by atoms with Gasteiger partial charge in [-0.3, -0.25) is 14.5 Å². The normalized spacial score (nSPS) is 16.6. The summed E-state index contributed by atoms with van der Waals surface area (Å²) in [5.74, 6) is 1.48. The van der Waals surface area contributed by atoms with Gasteiger partial charge in [0.15, 0.2) is 12.2 Å². The number of likely N-dealkylation sites (tertiary alicyclic amines) is 1. The first-order valence-electron chi connectivity index (χ1n) is 13.7. The van der Waals surface area contributed by atoms with Crippen LogP contribution in [0, 0.1) is 0 Å². The number of aromatic nitrogens is 3. The van der Waals surface area contributed by atoms with E-state index in [4.69, 9.17) is 20.8 Å². The molecule has 1 unspecified atom stereocenters. The molecule has 12 nitrogen and oxygen atoms in total. The summed E-state index contributed by atoms with van der Waals surface area (Å²) in [6.45, 7) is 5.06. The van der Waals surface area contributed by atoms with Gasteiger partial charge >= 0.3 is 0 Å². The molecule has 1 aromatic carbocycles. The Bertz CT molecular complexity index is 1350. The molecule has 1 fully saturated rings. The van der Waals surface area contributed by atoms with E-state index in [0.717, 1.165) is 36.9 Å². The van der Waals surface area contributed by atoms with Crippen molar-refractivity contribution < 1.29 is 23.8 Å². The lowest BCUT2D eigenvalue weighted by Crippen LogP contribution is -2.42. The summed E-state index contributed by atoms with van der Waals surface area (Å²) in [4.78, 5) is 40.4. The zero-order chi connectivity index (χ0) is 28.8. The van der Waals surface area contributed by atoms with Crippen molar-refractivity contribution in [2.24, 2.45) is 0 Å². The number of nitrogens with zero attached hydrogens (tertiary/aromatic N) is 5. The molecule has 13 heteroatoms. The van der Waals surface area contributed by atoms with Crippen LogP contribution in [0.3, 0.4) is 0 Å². The number of aliphatic hydroxyl groups is 1. The highest BCUT2D eigenvalue weighted by Crippen LogP contribution is 2.34. The fourth-order valence-electron chi connectivity index (χ4n) is 5.15. The van der Waals surface area contributed by atoms with Crippen molar-refractivity contribution in [2.45, 2.75) is 51.5 Å². The average molecular weight is 584 g/mol. The number of ether oxygens (including phenoxy) is 1. The molecule has 2 aliphatic rings. The molecule has 3 N–H and O–H groups in total. The minimum Gasteiger partial charge on any atom is -0.484 e. The van der Waals surface area contributed by atoms with Gasteiger partial charge in [0.2, 0.25) is 5.91 Å². The predicted molar refractivity (Wildman–Crippen MR) is 151 cm³/mol. The second-order valence-corrected chi connectivity index (χ2v) is 10.7. The average Bonchev–Trinajstić information content (AvgIpc) is 3.50. The lowest BCUT2D eigenvalue weighted by atomic mass is 9.99. The highest BCUT2D eigenvalue weighted by Gasteiger charge is 2.24. The second kappa shape index (κ2) is 13.3. The van der Waals surface area contributed by atoms with Crippen molar-refractivity contribution in [1.29, 1.82) is 0 Å². The topological polar surface area (TPSA) is 146 Å². The molecule has 0 spiro atoms. The fraction of sp³-hybridized carbons (Fsp3) is 0.464. The van der Waals surface area contributed by atoms with E-state index in [1.807, 2.05) is 17.0 Å². The molecule has 0 saturated carbocycles. The number of piperidine rings is 1. The molecule has 1 saturated heterocycles. The second-order valence-electron chi connectivity index (χ2n) is 10.3. The van der Waals surface area contributed by atoms with Crippen LogP contribution in [0.5, 0.6) is 5.75 Å². The number of hydrogen-bond acceptors (Lipinski definition) is 10. The summed E-state index contributed by atoms with van der Waals surface area (Å²) in [5, 5.41) is 17.3. The quantitative estimate of drug-likeness (QED) is 0.325. The standard InChI is InChI=1S/C28H34ClN7O5/c1-18(37)36-8-4-20(5-9-36)34-26-10-24(32-16-33-26)28(39)31-11-21(38)14-35-7-6-23-19(13-35)2-3-25(27(23)29)40-15-22-12-30-17-41-22/h2-3,10,12,16-17,20-21,38H,4-9,11,13-15H2,1H3,(H,31,39)(H,32,33,34). The predicted octanol–water partition coefficient (Wildman–Crippen LogP) is 2.27. The SMILES string of the molecule is CC(=O)N1CCC(Nc2cc(C(=O)NCC(O)CN3CCc4c(ccc(OCc5cnco5)c4Cl)C3)ncn2)CC1. The first kappa shape index (κ1) is 28.8. The molecule has 5 rings (SSSR count). The molecule has 41 heavy (non-hydrogen) atoms. The smallest absolute Gasteiger partial charge is 0.270 e. The van der Waals surface area contributed by atoms with Crippen LogP contribution in [0.4, 0.5) is 5.82 Å². The molecule has 2 aromatic heterocycles. The van der Waals surface area contributed by atoms with E-state index >= 15 is 0 Å². The van der Waals surface area contributed by atoms with Gasteiger partial charge in [-0.2, -0.15) is 0 Å². The van der Waals surface area contributed by atoms with Gasteiger partial charge in [0, 0.05) is 58.3 Å². The summed E-state index contributed by atoms with van der Waals surface area (Å²) in [6.07, 6.45) is 5.88. The maximum Gasteiger partial charge on any atom is 0.270 e. The molecule has 218 valence electrons. The molecule has 0 bridgehead atoms. The summed E-state index contributed by atoms with van der Waals surface area (Å²) in [5.41, 5.74) is 2.34. The van der Waals surface area contributed by atoms with Gasteiger partial charge in [0.05, 0.1) is 17.3 Å². The number of carbonyl (C=O) groups is 2. The lowest BCUT2D eigenvalue weighted by Gasteiger charge is -2.32. The third-order valence-electron chi connectivity index (χ3n) is 7.39. The van der Waals surface area contributed by atoms with Crippen molar-refractivity contribution in [3.63, 3.8) is 0 Å². The van der Waals surface area contributed by atoms with E-state index in [-0.39, 0.29) is 36.7 Å². The first-order valence-corrected chi connectivity index (χ1v) is 14.1. The zero-order valence-corrected chi connectivity index (χ0v) is 23.6. The first-order chi connectivity index (χ1) is 19.9. The summed E-state index contributed by atoms with van der Waals surface area (Å²) >= 11 is 6.63. The monoisotopic (exact) mass is 583 g/mol. The van der Waals surface area contributed by atoms with Gasteiger partial charge in [-0.15, -0.1) is 0 Å². The number of anilines is 1. The third kappa shape index (κ3) is 7.51. The van der Waals surface area contributed by atoms with Crippen molar-refractivity contribution in [2.75, 3.05) is 38.0 Å². The molecular weight excluding hydrogens is 550 g/mol. The molecular formula is C28H34ClN7O5. The van der Waals surface area contributed by atoms with Gasteiger partial charge in [0.25, 0.3) is 5.91 Å². The highest BCUT2D eigenvalue weighted by atomic mass is 35.5. The summed E-state index contributed by atoms with van der Waals surface area (Å²) in [7, 11) is 0. The Hall–Kier alpha value is -3.74. The fourth-order valence-corrected chi connectivity index (χ4v) is 5.48. The molecule has 4 heterocycles. The number of aliphatic hydroxyl groups excluding tert-OH is 1. The number of rotatable bonds is 10. The largest absolute Gasteiger partial charge is 0.484 e. The molecule has 2 amide bonds. The van der Waals surface area contributed by atoms with Crippen LogP contribution < -0.4 is 15.4 Å². The van der Waals surface area contributed by atoms with Crippen LogP contribution in [0.15, 0.2) is 41.5 Å². The van der Waals surface area contributed by atoms with Crippen molar-refractivity contribution in [1.82, 2.24) is 30.1 Å². The van der Waals surface area contributed by atoms with Crippen molar-refractivity contribution >= 4 is 29.2 Å². The van der Waals surface area contributed by atoms with E-state index < -0.39 is 6.10 Å². The van der Waals surface area contributed by atoms with E-state index in [9.17, 15) is 14.7 Å². The molecule has 2 aliphatic heterocycles. The van der Waals surface area contributed by atoms with Crippen molar-refractivity contribution in [3.8, 4) is 5.75 Å². The van der Waals surface area contributed by atoms with Crippen LogP contribution in [0.1, 0.15) is 47.1 Å². The van der Waals surface area contributed by atoms with Gasteiger partial charge in [-0.1, -0.05) is 17.7 Å². The molecule has 3 aromatic rings. The number of fused-ring (bicyclic) bond motifs is 1. The summed E-state index contributed by atoms with van der Waals surface area (Å²) in [6, 6.07) is 5.61.